The molecule has 0 spiro atoms. The molecule has 0 amide bonds. The summed E-state index contributed by atoms with van der Waals surface area (Å²) < 4.78 is 14.0. The van der Waals surface area contributed by atoms with Gasteiger partial charge in [-0.2, -0.15) is 0 Å². The zero-order valence-electron chi connectivity index (χ0n) is 11.1. The van der Waals surface area contributed by atoms with E-state index in [1.54, 1.807) is 18.3 Å². The number of hydrogen-bond donors (Lipinski definition) is 1. The van der Waals surface area contributed by atoms with Crippen molar-refractivity contribution >= 4 is 16.7 Å². The van der Waals surface area contributed by atoms with Gasteiger partial charge >= 0.3 is 5.97 Å². The number of fused-ring (bicyclic) bond motifs is 1. The van der Waals surface area contributed by atoms with E-state index < -0.39 is 11.8 Å². The zero-order chi connectivity index (χ0) is 14.8. The Bertz CT molecular complexity index is 825. The largest absolute Gasteiger partial charge is 0.481 e. The molecule has 1 N–H and O–H groups in total. The van der Waals surface area contributed by atoms with E-state index in [2.05, 4.69) is 4.98 Å². The number of aliphatic carboxylic acids is 1. The van der Waals surface area contributed by atoms with Gasteiger partial charge in [-0.05, 0) is 17.5 Å². The van der Waals surface area contributed by atoms with E-state index in [1.807, 2.05) is 30.3 Å². The van der Waals surface area contributed by atoms with Crippen molar-refractivity contribution in [3.63, 3.8) is 0 Å². The van der Waals surface area contributed by atoms with Crippen molar-refractivity contribution < 1.29 is 14.3 Å². The fourth-order valence-electron chi connectivity index (χ4n) is 2.45. The van der Waals surface area contributed by atoms with Crippen molar-refractivity contribution in [1.29, 1.82) is 0 Å². The highest BCUT2D eigenvalue weighted by Crippen LogP contribution is 2.30. The lowest BCUT2D eigenvalue weighted by atomic mass is 9.97. The maximum Gasteiger partial charge on any atom is 0.307 e. The van der Waals surface area contributed by atoms with Gasteiger partial charge in [0.25, 0.3) is 0 Å². The van der Waals surface area contributed by atoms with Crippen LogP contribution in [0.3, 0.4) is 0 Å². The monoisotopic (exact) mass is 281 g/mol. The molecular formula is C17H12FNO2. The molecule has 0 radical (unpaired) electrons. The Morgan fingerprint density at radius 3 is 2.71 bits per heavy atom. The molecule has 0 aliphatic carbocycles. The van der Waals surface area contributed by atoms with Crippen molar-refractivity contribution in [1.82, 2.24) is 4.98 Å². The molecule has 4 heteroatoms. The molecule has 0 unspecified atom stereocenters. The average Bonchev–Trinajstić information content (AvgIpc) is 2.48. The number of carboxylic acid groups (broad SMARTS) is 1. The van der Waals surface area contributed by atoms with Crippen molar-refractivity contribution in [2.45, 2.75) is 6.42 Å². The topological polar surface area (TPSA) is 50.2 Å². The summed E-state index contributed by atoms with van der Waals surface area (Å²) in [6.45, 7) is 0. The number of halogens is 1. The third-order valence-electron chi connectivity index (χ3n) is 3.38. The maximum absolute atomic E-state index is 14.0. The van der Waals surface area contributed by atoms with Crippen LogP contribution in [0.2, 0.25) is 0 Å². The normalized spacial score (nSPS) is 10.7. The van der Waals surface area contributed by atoms with Crippen LogP contribution in [0.4, 0.5) is 4.39 Å². The van der Waals surface area contributed by atoms with Gasteiger partial charge in [0.1, 0.15) is 5.82 Å². The molecule has 2 aromatic carbocycles. The van der Waals surface area contributed by atoms with Gasteiger partial charge in [0, 0.05) is 22.7 Å². The minimum Gasteiger partial charge on any atom is -0.481 e. The number of aromatic nitrogens is 1. The van der Waals surface area contributed by atoms with Crippen molar-refractivity contribution in [3.8, 4) is 11.3 Å². The lowest BCUT2D eigenvalue weighted by Gasteiger charge is -2.11. The van der Waals surface area contributed by atoms with Gasteiger partial charge in [0.2, 0.25) is 0 Å². The van der Waals surface area contributed by atoms with Gasteiger partial charge in [0.15, 0.2) is 0 Å². The van der Waals surface area contributed by atoms with E-state index in [4.69, 9.17) is 5.11 Å². The first-order valence-corrected chi connectivity index (χ1v) is 6.50. The van der Waals surface area contributed by atoms with E-state index in [-0.39, 0.29) is 12.0 Å². The standard InChI is InChI=1S/C17H12FNO2/c18-15-7-3-6-13(14(15)10-16(20)21)17-12-5-2-1-4-11(12)8-9-19-17/h1-9H,10H2,(H,20,21). The summed E-state index contributed by atoms with van der Waals surface area (Å²) in [7, 11) is 0. The first-order valence-electron chi connectivity index (χ1n) is 6.50. The fourth-order valence-corrected chi connectivity index (χ4v) is 2.45. The van der Waals surface area contributed by atoms with Crippen LogP contribution < -0.4 is 0 Å². The third-order valence-corrected chi connectivity index (χ3v) is 3.38. The second-order valence-electron chi connectivity index (χ2n) is 4.72. The molecule has 1 aromatic heterocycles. The number of nitrogens with zero attached hydrogens (tertiary/aromatic N) is 1. The van der Waals surface area contributed by atoms with E-state index >= 15 is 0 Å². The highest BCUT2D eigenvalue weighted by molar-refractivity contribution is 5.95. The van der Waals surface area contributed by atoms with Gasteiger partial charge in [-0.1, -0.05) is 36.4 Å². The van der Waals surface area contributed by atoms with Crippen LogP contribution in [0.5, 0.6) is 0 Å². The predicted molar refractivity (Wildman–Crippen MR) is 78.5 cm³/mol. The lowest BCUT2D eigenvalue weighted by Crippen LogP contribution is -2.05. The molecule has 0 saturated carbocycles. The Labute approximate surface area is 120 Å². The van der Waals surface area contributed by atoms with E-state index in [0.29, 0.717) is 11.3 Å². The summed E-state index contributed by atoms with van der Waals surface area (Å²) in [5, 5.41) is 10.8. The number of carbonyl (C=O) groups is 1. The molecule has 104 valence electrons. The Balaban J connectivity index is 2.28. The number of carboxylic acids is 1. The van der Waals surface area contributed by atoms with Crippen LogP contribution in [-0.4, -0.2) is 16.1 Å². The first-order chi connectivity index (χ1) is 10.2. The summed E-state index contributed by atoms with van der Waals surface area (Å²) in [6, 6.07) is 14.0. The van der Waals surface area contributed by atoms with Gasteiger partial charge in [-0.15, -0.1) is 0 Å². The van der Waals surface area contributed by atoms with Gasteiger partial charge in [0.05, 0.1) is 12.1 Å². The second-order valence-corrected chi connectivity index (χ2v) is 4.72. The molecule has 3 rings (SSSR count). The molecule has 0 aliphatic rings. The van der Waals surface area contributed by atoms with E-state index in [9.17, 15) is 9.18 Å². The van der Waals surface area contributed by atoms with Crippen LogP contribution in [0.1, 0.15) is 5.56 Å². The molecule has 0 fully saturated rings. The van der Waals surface area contributed by atoms with Gasteiger partial charge in [-0.3, -0.25) is 9.78 Å². The zero-order valence-corrected chi connectivity index (χ0v) is 11.1. The van der Waals surface area contributed by atoms with Gasteiger partial charge in [-0.25, -0.2) is 4.39 Å². The molecule has 21 heavy (non-hydrogen) atoms. The number of hydrogen-bond acceptors (Lipinski definition) is 2. The molecule has 0 saturated heterocycles. The van der Waals surface area contributed by atoms with Crippen molar-refractivity contribution in [2.24, 2.45) is 0 Å². The van der Waals surface area contributed by atoms with Gasteiger partial charge < -0.3 is 5.11 Å². The Hall–Kier alpha value is -2.75. The molecule has 3 aromatic rings. The molecule has 0 bridgehead atoms. The Kier molecular flexibility index (Phi) is 3.36. The number of benzene rings is 2. The predicted octanol–water partition coefficient (Wildman–Crippen LogP) is 3.67. The Morgan fingerprint density at radius 2 is 1.90 bits per heavy atom. The molecule has 0 atom stereocenters. The van der Waals surface area contributed by atoms with Crippen LogP contribution in [0, 0.1) is 5.82 Å². The molecular weight excluding hydrogens is 269 g/mol. The average molecular weight is 281 g/mol. The van der Waals surface area contributed by atoms with Crippen LogP contribution in [0.15, 0.2) is 54.7 Å². The summed E-state index contributed by atoms with van der Waals surface area (Å²) in [4.78, 5) is 15.3. The quantitative estimate of drug-likeness (QED) is 0.797. The molecule has 0 aliphatic heterocycles. The summed E-state index contributed by atoms with van der Waals surface area (Å²) in [6.07, 6.45) is 1.28. The van der Waals surface area contributed by atoms with E-state index in [1.165, 1.54) is 6.07 Å². The van der Waals surface area contributed by atoms with Crippen LogP contribution in [0.25, 0.3) is 22.0 Å². The van der Waals surface area contributed by atoms with Crippen molar-refractivity contribution in [2.75, 3.05) is 0 Å². The van der Waals surface area contributed by atoms with Crippen LogP contribution in [-0.2, 0) is 11.2 Å². The first kappa shape index (κ1) is 13.2. The second kappa shape index (κ2) is 5.32. The highest BCUT2D eigenvalue weighted by atomic mass is 19.1. The smallest absolute Gasteiger partial charge is 0.307 e. The summed E-state index contributed by atoms with van der Waals surface area (Å²) in [5.74, 6) is -1.59. The molecule has 3 nitrogen and oxygen atoms in total. The fraction of sp³-hybridized carbons (Fsp3) is 0.0588. The number of rotatable bonds is 3. The number of pyridine rings is 1. The third kappa shape index (κ3) is 2.48. The summed E-state index contributed by atoms with van der Waals surface area (Å²) >= 11 is 0. The SMILES string of the molecule is O=C(O)Cc1c(F)cccc1-c1nccc2ccccc12. The molecule has 1 heterocycles. The summed E-state index contributed by atoms with van der Waals surface area (Å²) in [5.41, 5.74) is 1.28. The minimum absolute atomic E-state index is 0.161. The minimum atomic E-state index is -1.07. The van der Waals surface area contributed by atoms with E-state index in [0.717, 1.165) is 10.8 Å². The van der Waals surface area contributed by atoms with Crippen molar-refractivity contribution in [3.05, 3.63) is 66.1 Å². The lowest BCUT2D eigenvalue weighted by molar-refractivity contribution is -0.136. The highest BCUT2D eigenvalue weighted by Gasteiger charge is 2.15. The maximum atomic E-state index is 14.0. The Morgan fingerprint density at radius 1 is 1.10 bits per heavy atom. The van der Waals surface area contributed by atoms with Crippen LogP contribution >= 0.6 is 0 Å².